The lowest BCUT2D eigenvalue weighted by Crippen LogP contribution is -2.38. The van der Waals surface area contributed by atoms with E-state index in [2.05, 4.69) is 10.0 Å². The van der Waals surface area contributed by atoms with Crippen LogP contribution < -0.4 is 10.0 Å². The normalized spacial score (nSPS) is 11.4. The molecule has 0 fully saturated rings. The van der Waals surface area contributed by atoms with Crippen LogP contribution in [0, 0.1) is 0 Å². The van der Waals surface area contributed by atoms with Gasteiger partial charge in [-0.2, -0.15) is 0 Å². The number of hydrogen-bond acceptors (Lipinski definition) is 4. The minimum Gasteiger partial charge on any atom is -0.385 e. The molecule has 6 nitrogen and oxygen atoms in total. The molecule has 0 aromatic carbocycles. The number of carbonyl (C=O) groups excluding carboxylic acids is 1. The average Bonchev–Trinajstić information content (AvgIpc) is 2.22. The summed E-state index contributed by atoms with van der Waals surface area (Å²) in [5.41, 5.74) is 0. The lowest BCUT2D eigenvalue weighted by atomic mass is 10.4. The van der Waals surface area contributed by atoms with E-state index in [-0.39, 0.29) is 18.2 Å². The van der Waals surface area contributed by atoms with Gasteiger partial charge in [0.15, 0.2) is 0 Å². The maximum absolute atomic E-state index is 11.2. The fourth-order valence-electron chi connectivity index (χ4n) is 1.02. The maximum Gasteiger partial charge on any atom is 0.235 e. The van der Waals surface area contributed by atoms with E-state index in [0.29, 0.717) is 26.0 Å². The molecule has 0 atom stereocenters. The van der Waals surface area contributed by atoms with E-state index < -0.39 is 10.0 Å². The first-order valence-corrected chi connectivity index (χ1v) is 6.90. The number of hydrogen-bond donors (Lipinski definition) is 2. The van der Waals surface area contributed by atoms with Crippen molar-refractivity contribution in [1.82, 2.24) is 10.0 Å². The zero-order chi connectivity index (χ0) is 12.4. The van der Waals surface area contributed by atoms with E-state index in [1.165, 1.54) is 0 Å². The largest absolute Gasteiger partial charge is 0.385 e. The van der Waals surface area contributed by atoms with Crippen molar-refractivity contribution in [2.75, 3.05) is 32.6 Å². The zero-order valence-corrected chi connectivity index (χ0v) is 10.6. The Morgan fingerprint density at radius 2 is 2.06 bits per heavy atom. The van der Waals surface area contributed by atoms with Crippen molar-refractivity contribution in [3.05, 3.63) is 0 Å². The number of rotatable bonds is 9. The van der Waals surface area contributed by atoms with Crippen molar-refractivity contribution >= 4 is 15.9 Å². The van der Waals surface area contributed by atoms with E-state index >= 15 is 0 Å². The van der Waals surface area contributed by atoms with Crippen molar-refractivity contribution in [1.29, 1.82) is 0 Å². The first-order valence-electron chi connectivity index (χ1n) is 5.24. The van der Waals surface area contributed by atoms with Crippen molar-refractivity contribution in [2.45, 2.75) is 19.8 Å². The zero-order valence-electron chi connectivity index (χ0n) is 9.78. The lowest BCUT2D eigenvalue weighted by molar-refractivity contribution is -0.120. The second-order valence-electron chi connectivity index (χ2n) is 3.34. The van der Waals surface area contributed by atoms with Gasteiger partial charge in [0.25, 0.3) is 0 Å². The summed E-state index contributed by atoms with van der Waals surface area (Å²) in [5, 5.41) is 2.59. The Bertz CT molecular complexity index is 290. The summed E-state index contributed by atoms with van der Waals surface area (Å²) in [6.07, 6.45) is 1.24. The Kier molecular flexibility index (Phi) is 8.14. The number of nitrogens with one attached hydrogen (secondary N) is 2. The second-order valence-corrected chi connectivity index (χ2v) is 5.26. The summed E-state index contributed by atoms with van der Waals surface area (Å²) < 4.78 is 29.4. The number of methoxy groups -OCH3 is 1. The van der Waals surface area contributed by atoms with Crippen LogP contribution >= 0.6 is 0 Å². The Morgan fingerprint density at radius 1 is 1.38 bits per heavy atom. The van der Waals surface area contributed by atoms with Gasteiger partial charge in [0.05, 0.1) is 12.3 Å². The standard InChI is InChI=1S/C9H20N2O4S/c1-3-7-16(13,14)11-8-9(12)10-5-4-6-15-2/h11H,3-8H2,1-2H3,(H,10,12). The summed E-state index contributed by atoms with van der Waals surface area (Å²) in [6.45, 7) is 2.63. The Hall–Kier alpha value is -0.660. The third kappa shape index (κ3) is 8.63. The van der Waals surface area contributed by atoms with E-state index in [0.717, 1.165) is 0 Å². The van der Waals surface area contributed by atoms with Crippen molar-refractivity contribution in [3.63, 3.8) is 0 Å². The summed E-state index contributed by atoms with van der Waals surface area (Å²) in [7, 11) is -1.71. The van der Waals surface area contributed by atoms with Crippen LogP contribution in [0.2, 0.25) is 0 Å². The van der Waals surface area contributed by atoms with Crippen LogP contribution in [0.3, 0.4) is 0 Å². The van der Waals surface area contributed by atoms with Gasteiger partial charge in [0, 0.05) is 20.3 Å². The molecule has 0 aromatic heterocycles. The van der Waals surface area contributed by atoms with Gasteiger partial charge in [0.2, 0.25) is 15.9 Å². The highest BCUT2D eigenvalue weighted by Gasteiger charge is 2.10. The van der Waals surface area contributed by atoms with Gasteiger partial charge >= 0.3 is 0 Å². The van der Waals surface area contributed by atoms with Crippen LogP contribution in [-0.2, 0) is 19.6 Å². The van der Waals surface area contributed by atoms with Gasteiger partial charge in [-0.3, -0.25) is 4.79 Å². The lowest BCUT2D eigenvalue weighted by Gasteiger charge is -2.06. The molecule has 0 saturated carbocycles. The molecular weight excluding hydrogens is 232 g/mol. The third-order valence-electron chi connectivity index (χ3n) is 1.77. The molecule has 0 bridgehead atoms. The highest BCUT2D eigenvalue weighted by Crippen LogP contribution is 1.87. The van der Waals surface area contributed by atoms with Gasteiger partial charge < -0.3 is 10.1 Å². The molecule has 2 N–H and O–H groups in total. The molecule has 0 spiro atoms. The number of carbonyl (C=O) groups is 1. The average molecular weight is 252 g/mol. The molecule has 96 valence electrons. The number of sulfonamides is 1. The van der Waals surface area contributed by atoms with E-state index in [1.54, 1.807) is 14.0 Å². The van der Waals surface area contributed by atoms with Crippen LogP contribution in [0.1, 0.15) is 19.8 Å². The SMILES string of the molecule is CCCS(=O)(=O)NCC(=O)NCCCOC. The minimum atomic E-state index is -3.30. The highest BCUT2D eigenvalue weighted by atomic mass is 32.2. The Morgan fingerprint density at radius 3 is 2.62 bits per heavy atom. The van der Waals surface area contributed by atoms with E-state index in [4.69, 9.17) is 4.74 Å². The molecule has 0 saturated heterocycles. The van der Waals surface area contributed by atoms with Gasteiger partial charge in [0.1, 0.15) is 0 Å². The van der Waals surface area contributed by atoms with Gasteiger partial charge in [-0.15, -0.1) is 0 Å². The topological polar surface area (TPSA) is 84.5 Å². The first kappa shape index (κ1) is 15.3. The quantitative estimate of drug-likeness (QED) is 0.540. The molecule has 0 aliphatic rings. The molecule has 0 unspecified atom stereocenters. The fraction of sp³-hybridized carbons (Fsp3) is 0.889. The Balaban J connectivity index is 3.65. The Labute approximate surface area is 96.8 Å². The van der Waals surface area contributed by atoms with Crippen molar-refractivity contribution < 1.29 is 17.9 Å². The molecule has 0 aromatic rings. The van der Waals surface area contributed by atoms with Crippen LogP contribution in [0.15, 0.2) is 0 Å². The monoisotopic (exact) mass is 252 g/mol. The van der Waals surface area contributed by atoms with E-state index in [9.17, 15) is 13.2 Å². The highest BCUT2D eigenvalue weighted by molar-refractivity contribution is 7.89. The van der Waals surface area contributed by atoms with E-state index in [1.807, 2.05) is 0 Å². The van der Waals surface area contributed by atoms with Gasteiger partial charge in [-0.1, -0.05) is 6.92 Å². The fourth-order valence-corrected chi connectivity index (χ4v) is 2.06. The van der Waals surface area contributed by atoms with Gasteiger partial charge in [-0.25, -0.2) is 13.1 Å². The second kappa shape index (κ2) is 8.49. The first-order chi connectivity index (χ1) is 7.52. The molecule has 0 rings (SSSR count). The van der Waals surface area contributed by atoms with Crippen molar-refractivity contribution in [3.8, 4) is 0 Å². The van der Waals surface area contributed by atoms with Crippen LogP contribution in [-0.4, -0.2) is 46.9 Å². The van der Waals surface area contributed by atoms with Crippen molar-refractivity contribution in [2.24, 2.45) is 0 Å². The van der Waals surface area contributed by atoms with Crippen LogP contribution in [0.4, 0.5) is 0 Å². The van der Waals surface area contributed by atoms with Crippen LogP contribution in [0.5, 0.6) is 0 Å². The smallest absolute Gasteiger partial charge is 0.235 e. The summed E-state index contributed by atoms with van der Waals surface area (Å²) >= 11 is 0. The summed E-state index contributed by atoms with van der Waals surface area (Å²) in [4.78, 5) is 11.2. The molecule has 0 aliphatic carbocycles. The predicted molar refractivity (Wildman–Crippen MR) is 61.6 cm³/mol. The molecule has 16 heavy (non-hydrogen) atoms. The molecule has 0 heterocycles. The molecule has 1 amide bonds. The molecule has 0 radical (unpaired) electrons. The summed E-state index contributed by atoms with van der Waals surface area (Å²) in [6, 6.07) is 0. The number of amides is 1. The predicted octanol–water partition coefficient (Wildman–Crippen LogP) is -0.531. The van der Waals surface area contributed by atoms with Crippen LogP contribution in [0.25, 0.3) is 0 Å². The minimum absolute atomic E-state index is 0.0456. The summed E-state index contributed by atoms with van der Waals surface area (Å²) in [5.74, 6) is -0.278. The number of ether oxygens (including phenoxy) is 1. The molecule has 0 aliphatic heterocycles. The van der Waals surface area contributed by atoms with Gasteiger partial charge in [-0.05, 0) is 12.8 Å². The maximum atomic E-state index is 11.2. The molecule has 7 heteroatoms. The molecular formula is C9H20N2O4S. The third-order valence-corrected chi connectivity index (χ3v) is 3.30.